The van der Waals surface area contributed by atoms with Crippen molar-refractivity contribution in [1.82, 2.24) is 0 Å². The highest BCUT2D eigenvalue weighted by atomic mass is 79.9. The van der Waals surface area contributed by atoms with Crippen molar-refractivity contribution in [2.45, 2.75) is 14.5 Å². The van der Waals surface area contributed by atoms with Gasteiger partial charge in [0.05, 0.1) is 4.87 Å². The Hall–Kier alpha value is 0.990. The summed E-state index contributed by atoms with van der Waals surface area (Å²) in [4.78, 5) is -0.243. The third-order valence-corrected chi connectivity index (χ3v) is 4.33. The molecule has 1 unspecified atom stereocenters. The average Bonchev–Trinajstić information content (AvgIpc) is 2.10. The second kappa shape index (κ2) is 1.74. The maximum atomic E-state index is 5.91. The minimum atomic E-state index is -0.243. The molecule has 0 radical (unpaired) electrons. The van der Waals surface area contributed by atoms with E-state index in [4.69, 9.17) is 11.6 Å². The summed E-state index contributed by atoms with van der Waals surface area (Å²) in [5.41, 5.74) is 0. The van der Waals surface area contributed by atoms with E-state index in [1.165, 1.54) is 0 Å². The number of allylic oxidation sites excluding steroid dienone is 1. The van der Waals surface area contributed by atoms with Crippen LogP contribution in [0.25, 0.3) is 0 Å². The molecule has 1 aliphatic carbocycles. The standard InChI is InChI=1S/C5H5Br2Cl/c1-2-4(8)3-5(4,6)7/h2H,1,3H2. The lowest BCUT2D eigenvalue weighted by atomic mass is 10.4. The summed E-state index contributed by atoms with van der Waals surface area (Å²) in [5, 5.41) is 0. The van der Waals surface area contributed by atoms with Crippen molar-refractivity contribution in [3.05, 3.63) is 12.7 Å². The van der Waals surface area contributed by atoms with Crippen LogP contribution in [0.2, 0.25) is 0 Å². The van der Waals surface area contributed by atoms with Gasteiger partial charge in [-0.05, 0) is 6.42 Å². The Morgan fingerprint density at radius 1 is 1.62 bits per heavy atom. The van der Waals surface area contributed by atoms with Crippen LogP contribution in [0, 0.1) is 0 Å². The number of rotatable bonds is 1. The second-order valence-corrected chi connectivity index (χ2v) is 6.39. The first-order chi connectivity index (χ1) is 3.52. The Labute approximate surface area is 70.5 Å². The maximum absolute atomic E-state index is 5.91. The van der Waals surface area contributed by atoms with E-state index in [-0.39, 0.29) is 8.11 Å². The zero-order valence-electron chi connectivity index (χ0n) is 4.13. The van der Waals surface area contributed by atoms with Crippen molar-refractivity contribution in [1.29, 1.82) is 0 Å². The Kier molecular flexibility index (Phi) is 1.54. The summed E-state index contributed by atoms with van der Waals surface area (Å²) in [6.45, 7) is 3.60. The highest BCUT2D eigenvalue weighted by Crippen LogP contribution is 2.64. The van der Waals surface area contributed by atoms with Crippen LogP contribution in [-0.2, 0) is 0 Å². The van der Waals surface area contributed by atoms with Gasteiger partial charge in [0.25, 0.3) is 0 Å². The largest absolute Gasteiger partial charge is 0.112 e. The molecule has 1 fully saturated rings. The quantitative estimate of drug-likeness (QED) is 0.502. The summed E-state index contributed by atoms with van der Waals surface area (Å²) in [6.07, 6.45) is 2.66. The average molecular weight is 260 g/mol. The van der Waals surface area contributed by atoms with Gasteiger partial charge in [-0.25, -0.2) is 0 Å². The first kappa shape index (κ1) is 7.10. The Balaban J connectivity index is 2.68. The molecular formula is C5H5Br2Cl. The minimum Gasteiger partial charge on any atom is -0.112 e. The van der Waals surface area contributed by atoms with E-state index in [2.05, 4.69) is 38.4 Å². The highest BCUT2D eigenvalue weighted by molar-refractivity contribution is 9.25. The van der Waals surface area contributed by atoms with Gasteiger partial charge in [-0.15, -0.1) is 18.2 Å². The zero-order chi connectivity index (χ0) is 6.41. The maximum Gasteiger partial charge on any atom is 0.105 e. The molecule has 0 aliphatic heterocycles. The van der Waals surface area contributed by atoms with Gasteiger partial charge in [0.2, 0.25) is 0 Å². The monoisotopic (exact) mass is 258 g/mol. The van der Waals surface area contributed by atoms with E-state index in [1.807, 2.05) is 0 Å². The molecule has 0 aromatic heterocycles. The van der Waals surface area contributed by atoms with Crippen LogP contribution in [0.5, 0.6) is 0 Å². The molecule has 8 heavy (non-hydrogen) atoms. The van der Waals surface area contributed by atoms with Gasteiger partial charge in [-0.2, -0.15) is 0 Å². The van der Waals surface area contributed by atoms with Crippen molar-refractivity contribution in [2.75, 3.05) is 0 Å². The fourth-order valence-electron chi connectivity index (χ4n) is 0.500. The van der Waals surface area contributed by atoms with Crippen LogP contribution in [0.1, 0.15) is 6.42 Å². The molecule has 0 amide bonds. The predicted molar refractivity (Wildman–Crippen MR) is 44.0 cm³/mol. The Morgan fingerprint density at radius 3 is 2.00 bits per heavy atom. The van der Waals surface area contributed by atoms with Crippen molar-refractivity contribution < 1.29 is 0 Å². The number of hydrogen-bond donors (Lipinski definition) is 0. The summed E-state index contributed by atoms with van der Waals surface area (Å²) in [7, 11) is 0. The Morgan fingerprint density at radius 2 is 2.00 bits per heavy atom. The van der Waals surface area contributed by atoms with Crippen molar-refractivity contribution in [3.8, 4) is 0 Å². The highest BCUT2D eigenvalue weighted by Gasteiger charge is 2.62. The van der Waals surface area contributed by atoms with Crippen LogP contribution in [0.15, 0.2) is 12.7 Å². The van der Waals surface area contributed by atoms with Gasteiger partial charge in [-0.1, -0.05) is 37.9 Å². The van der Waals surface area contributed by atoms with E-state index < -0.39 is 0 Å². The van der Waals surface area contributed by atoms with Crippen molar-refractivity contribution in [2.24, 2.45) is 0 Å². The van der Waals surface area contributed by atoms with E-state index in [1.54, 1.807) is 6.08 Å². The molecule has 46 valence electrons. The second-order valence-electron chi connectivity index (χ2n) is 1.95. The van der Waals surface area contributed by atoms with E-state index in [0.717, 1.165) is 6.42 Å². The lowest BCUT2D eigenvalue weighted by Crippen LogP contribution is -2.01. The molecule has 0 aromatic carbocycles. The number of halogens is 3. The summed E-state index contributed by atoms with van der Waals surface area (Å²) >= 11 is 12.7. The molecular weight excluding hydrogens is 255 g/mol. The van der Waals surface area contributed by atoms with Gasteiger partial charge in [0.15, 0.2) is 0 Å². The van der Waals surface area contributed by atoms with Crippen LogP contribution in [-0.4, -0.2) is 8.11 Å². The topological polar surface area (TPSA) is 0 Å². The van der Waals surface area contributed by atoms with Gasteiger partial charge in [-0.3, -0.25) is 0 Å². The lowest BCUT2D eigenvalue weighted by Gasteiger charge is -1.99. The fourth-order valence-corrected chi connectivity index (χ4v) is 2.23. The summed E-state index contributed by atoms with van der Waals surface area (Å²) < 4.78 is -0.0731. The number of hydrogen-bond acceptors (Lipinski definition) is 0. The smallest absolute Gasteiger partial charge is 0.105 e. The Bertz CT molecular complexity index is 132. The van der Waals surface area contributed by atoms with Crippen molar-refractivity contribution in [3.63, 3.8) is 0 Å². The molecule has 0 N–H and O–H groups in total. The van der Waals surface area contributed by atoms with Crippen molar-refractivity contribution >= 4 is 43.5 Å². The number of alkyl halides is 3. The fraction of sp³-hybridized carbons (Fsp3) is 0.600. The zero-order valence-corrected chi connectivity index (χ0v) is 8.05. The molecule has 1 atom stereocenters. The normalized spacial score (nSPS) is 41.4. The van der Waals surface area contributed by atoms with Crippen LogP contribution in [0.4, 0.5) is 0 Å². The third-order valence-electron chi connectivity index (χ3n) is 1.29. The van der Waals surface area contributed by atoms with Gasteiger partial charge in [0, 0.05) is 0 Å². The van der Waals surface area contributed by atoms with E-state index in [9.17, 15) is 0 Å². The lowest BCUT2D eigenvalue weighted by molar-refractivity contribution is 1.18. The first-order valence-electron chi connectivity index (χ1n) is 2.22. The first-order valence-corrected chi connectivity index (χ1v) is 4.18. The SMILES string of the molecule is C=CC1(Cl)CC1(Br)Br. The molecule has 1 aliphatic rings. The van der Waals surface area contributed by atoms with Crippen LogP contribution in [0.3, 0.4) is 0 Å². The van der Waals surface area contributed by atoms with Crippen LogP contribution >= 0.6 is 43.5 Å². The van der Waals surface area contributed by atoms with Gasteiger partial charge >= 0.3 is 0 Å². The molecule has 3 heteroatoms. The molecule has 0 nitrogen and oxygen atoms in total. The van der Waals surface area contributed by atoms with E-state index >= 15 is 0 Å². The molecule has 0 saturated heterocycles. The summed E-state index contributed by atoms with van der Waals surface area (Å²) in [6, 6.07) is 0. The predicted octanol–water partition coefficient (Wildman–Crippen LogP) is 3.04. The molecule has 0 bridgehead atoms. The third kappa shape index (κ3) is 0.869. The van der Waals surface area contributed by atoms with Gasteiger partial charge in [0.1, 0.15) is 3.23 Å². The van der Waals surface area contributed by atoms with Crippen LogP contribution < -0.4 is 0 Å². The van der Waals surface area contributed by atoms with E-state index in [0.29, 0.717) is 0 Å². The molecule has 1 saturated carbocycles. The molecule has 0 spiro atoms. The minimum absolute atomic E-state index is 0.0731. The molecule has 1 rings (SSSR count). The van der Waals surface area contributed by atoms with Gasteiger partial charge < -0.3 is 0 Å². The molecule has 0 aromatic rings. The molecule has 0 heterocycles. The summed E-state index contributed by atoms with van der Waals surface area (Å²) in [5.74, 6) is 0.